The molecular weight excluding hydrogens is 277 g/mol. The van der Waals surface area contributed by atoms with E-state index in [2.05, 4.69) is 20.3 Å². The number of ketones is 1. The van der Waals surface area contributed by atoms with Gasteiger partial charge in [0.05, 0.1) is 10.0 Å². The van der Waals surface area contributed by atoms with Crippen LogP contribution >= 0.6 is 23.2 Å². The molecule has 1 N–H and O–H groups in total. The second-order valence-corrected chi connectivity index (χ2v) is 4.70. The molecule has 0 spiro atoms. The molecule has 0 aliphatic heterocycles. The Labute approximate surface area is 114 Å². The van der Waals surface area contributed by atoms with Crippen molar-refractivity contribution < 1.29 is 9.63 Å². The third-order valence-electron chi connectivity index (χ3n) is 2.34. The maximum atomic E-state index is 12.2. The van der Waals surface area contributed by atoms with Gasteiger partial charge in [0.1, 0.15) is 12.8 Å². The van der Waals surface area contributed by atoms with E-state index in [9.17, 15) is 4.79 Å². The minimum absolute atomic E-state index is 0.102. The molecule has 96 valence electrons. The molecule has 0 atom stereocenters. The lowest BCUT2D eigenvalue weighted by Gasteiger charge is -2.07. The van der Waals surface area contributed by atoms with Gasteiger partial charge in [-0.1, -0.05) is 28.4 Å². The Morgan fingerprint density at radius 3 is 2.83 bits per heavy atom. The highest BCUT2D eigenvalue weighted by molar-refractivity contribution is 6.48. The maximum Gasteiger partial charge on any atom is 0.251 e. The van der Waals surface area contributed by atoms with Crippen molar-refractivity contribution in [2.75, 3.05) is 7.11 Å². The summed E-state index contributed by atoms with van der Waals surface area (Å²) in [7, 11) is 1.37. The van der Waals surface area contributed by atoms with Crippen LogP contribution in [0.5, 0.6) is 0 Å². The Hall–Kier alpha value is -1.33. The molecule has 0 saturated heterocycles. The Kier molecular flexibility index (Phi) is 4.04. The molecule has 7 heteroatoms. The standard InChI is InChI=1S/C11H11Cl2N3O2/c1-18-16-11(15-7-2-3-7)10(17)9-8(13)4-6(12)5-14-9/h4-5,7H,2-3H2,1H3,(H,15,16). The van der Waals surface area contributed by atoms with Gasteiger partial charge in [-0.05, 0) is 18.9 Å². The lowest BCUT2D eigenvalue weighted by Crippen LogP contribution is -2.33. The smallest absolute Gasteiger partial charge is 0.251 e. The molecular formula is C11H11Cl2N3O2. The number of amidine groups is 1. The highest BCUT2D eigenvalue weighted by Crippen LogP contribution is 2.21. The van der Waals surface area contributed by atoms with Crippen molar-refractivity contribution in [2.45, 2.75) is 18.9 Å². The number of hydrogen-bond acceptors (Lipinski definition) is 4. The first-order valence-corrected chi connectivity index (χ1v) is 6.11. The number of hydrogen-bond donors (Lipinski definition) is 1. The lowest BCUT2D eigenvalue weighted by molar-refractivity contribution is 0.104. The van der Waals surface area contributed by atoms with Crippen molar-refractivity contribution in [1.82, 2.24) is 10.3 Å². The topological polar surface area (TPSA) is 63.6 Å². The number of nitrogens with zero attached hydrogens (tertiary/aromatic N) is 2. The van der Waals surface area contributed by atoms with Crippen LogP contribution in [0.1, 0.15) is 23.3 Å². The van der Waals surface area contributed by atoms with Crippen LogP contribution in [0.25, 0.3) is 0 Å². The zero-order valence-electron chi connectivity index (χ0n) is 9.61. The van der Waals surface area contributed by atoms with Crippen LogP contribution in [-0.2, 0) is 4.84 Å². The van der Waals surface area contributed by atoms with Crippen molar-refractivity contribution in [3.63, 3.8) is 0 Å². The zero-order chi connectivity index (χ0) is 13.1. The normalized spacial score (nSPS) is 15.4. The van der Waals surface area contributed by atoms with Crippen molar-refractivity contribution >= 4 is 34.8 Å². The molecule has 1 aliphatic carbocycles. The average Bonchev–Trinajstić information content (AvgIpc) is 3.11. The SMILES string of the molecule is CON=C(NC1CC1)C(=O)c1ncc(Cl)cc1Cl. The minimum Gasteiger partial charge on any atom is -0.397 e. The van der Waals surface area contributed by atoms with Crippen molar-refractivity contribution in [2.24, 2.45) is 5.16 Å². The third-order valence-corrected chi connectivity index (χ3v) is 2.83. The lowest BCUT2D eigenvalue weighted by atomic mass is 10.2. The number of carbonyl (C=O) groups excluding carboxylic acids is 1. The van der Waals surface area contributed by atoms with Crippen LogP contribution in [0.15, 0.2) is 17.4 Å². The van der Waals surface area contributed by atoms with E-state index in [4.69, 9.17) is 23.2 Å². The predicted octanol–water partition coefficient (Wildman–Crippen LogP) is 2.28. The van der Waals surface area contributed by atoms with Gasteiger partial charge in [-0.15, -0.1) is 0 Å². The zero-order valence-corrected chi connectivity index (χ0v) is 11.1. The summed E-state index contributed by atoms with van der Waals surface area (Å²) in [6.45, 7) is 0. The summed E-state index contributed by atoms with van der Waals surface area (Å²) < 4.78 is 0. The van der Waals surface area contributed by atoms with Gasteiger partial charge in [-0.3, -0.25) is 4.79 Å². The summed E-state index contributed by atoms with van der Waals surface area (Å²) >= 11 is 11.7. The van der Waals surface area contributed by atoms with E-state index in [1.807, 2.05) is 0 Å². The average molecular weight is 288 g/mol. The Balaban J connectivity index is 2.23. The van der Waals surface area contributed by atoms with Gasteiger partial charge in [0, 0.05) is 12.2 Å². The monoisotopic (exact) mass is 287 g/mol. The molecule has 1 heterocycles. The molecule has 5 nitrogen and oxygen atoms in total. The van der Waals surface area contributed by atoms with Gasteiger partial charge in [-0.2, -0.15) is 0 Å². The highest BCUT2D eigenvalue weighted by atomic mass is 35.5. The van der Waals surface area contributed by atoms with Crippen molar-refractivity contribution in [3.05, 3.63) is 28.0 Å². The molecule has 0 radical (unpaired) electrons. The molecule has 0 aromatic carbocycles. The number of pyridine rings is 1. The molecule has 2 rings (SSSR count). The second kappa shape index (κ2) is 5.54. The quantitative estimate of drug-likeness (QED) is 0.399. The van der Waals surface area contributed by atoms with Gasteiger partial charge < -0.3 is 10.2 Å². The van der Waals surface area contributed by atoms with E-state index in [-0.39, 0.29) is 22.6 Å². The second-order valence-electron chi connectivity index (χ2n) is 3.85. The highest BCUT2D eigenvalue weighted by Gasteiger charge is 2.27. The van der Waals surface area contributed by atoms with Crippen LogP contribution in [0, 0.1) is 0 Å². The number of oxime groups is 1. The fourth-order valence-corrected chi connectivity index (χ4v) is 1.81. The van der Waals surface area contributed by atoms with E-state index in [0.29, 0.717) is 5.02 Å². The van der Waals surface area contributed by atoms with Crippen LogP contribution in [0.2, 0.25) is 10.0 Å². The molecule has 1 aliphatic rings. The van der Waals surface area contributed by atoms with Crippen LogP contribution in [0.3, 0.4) is 0 Å². The van der Waals surface area contributed by atoms with E-state index >= 15 is 0 Å². The third kappa shape index (κ3) is 3.11. The number of aromatic nitrogens is 1. The Bertz CT molecular complexity index is 501. The van der Waals surface area contributed by atoms with Crippen LogP contribution in [-0.4, -0.2) is 29.8 Å². The summed E-state index contributed by atoms with van der Waals surface area (Å²) in [4.78, 5) is 20.7. The first kappa shape index (κ1) is 13.1. The summed E-state index contributed by atoms with van der Waals surface area (Å²) in [5, 5.41) is 7.21. The molecule has 1 fully saturated rings. The number of nitrogens with one attached hydrogen (secondary N) is 1. The minimum atomic E-state index is -0.412. The largest absolute Gasteiger partial charge is 0.397 e. The first-order chi connectivity index (χ1) is 8.61. The van der Waals surface area contributed by atoms with Gasteiger partial charge in [0.2, 0.25) is 5.84 Å². The van der Waals surface area contributed by atoms with E-state index < -0.39 is 5.78 Å². The fourth-order valence-electron chi connectivity index (χ4n) is 1.34. The number of Topliss-reactive ketones (excluding diaryl/α,β-unsaturated/α-hetero) is 1. The van der Waals surface area contributed by atoms with E-state index in [0.717, 1.165) is 12.8 Å². The van der Waals surface area contributed by atoms with E-state index in [1.165, 1.54) is 19.4 Å². The maximum absolute atomic E-state index is 12.2. The molecule has 1 aromatic heterocycles. The molecule has 0 bridgehead atoms. The van der Waals surface area contributed by atoms with Crippen LogP contribution < -0.4 is 5.32 Å². The van der Waals surface area contributed by atoms with Gasteiger partial charge in [-0.25, -0.2) is 4.98 Å². The Morgan fingerprint density at radius 1 is 1.56 bits per heavy atom. The van der Waals surface area contributed by atoms with Gasteiger partial charge in [0.15, 0.2) is 0 Å². The summed E-state index contributed by atoms with van der Waals surface area (Å²) in [5.41, 5.74) is 0.102. The molecule has 0 amide bonds. The van der Waals surface area contributed by atoms with Gasteiger partial charge in [0.25, 0.3) is 5.78 Å². The summed E-state index contributed by atoms with van der Waals surface area (Å²) in [6.07, 6.45) is 3.39. The van der Waals surface area contributed by atoms with Crippen molar-refractivity contribution in [3.8, 4) is 0 Å². The predicted molar refractivity (Wildman–Crippen MR) is 69.2 cm³/mol. The number of carbonyl (C=O) groups is 1. The first-order valence-electron chi connectivity index (χ1n) is 5.35. The summed E-state index contributed by atoms with van der Waals surface area (Å²) in [5.74, 6) is -0.304. The summed E-state index contributed by atoms with van der Waals surface area (Å²) in [6, 6.07) is 1.74. The molecule has 1 saturated carbocycles. The van der Waals surface area contributed by atoms with Crippen molar-refractivity contribution in [1.29, 1.82) is 0 Å². The van der Waals surface area contributed by atoms with Crippen LogP contribution in [0.4, 0.5) is 0 Å². The molecule has 0 unspecified atom stereocenters. The Morgan fingerprint density at radius 2 is 2.28 bits per heavy atom. The number of halogens is 2. The van der Waals surface area contributed by atoms with E-state index in [1.54, 1.807) is 0 Å². The molecule has 1 aromatic rings. The van der Waals surface area contributed by atoms with Gasteiger partial charge >= 0.3 is 0 Å². The fraction of sp³-hybridized carbons (Fsp3) is 0.364. The number of rotatable bonds is 4. The molecule has 18 heavy (non-hydrogen) atoms.